The molecular weight excluding hydrogens is 280 g/mol. The topological polar surface area (TPSA) is 53.6 Å². The number of rotatable bonds is 6. The van der Waals surface area contributed by atoms with Crippen LogP contribution in [0.2, 0.25) is 0 Å². The summed E-state index contributed by atoms with van der Waals surface area (Å²) in [6, 6.07) is 12.7. The van der Waals surface area contributed by atoms with E-state index in [2.05, 4.69) is 56.6 Å². The molecule has 21 heavy (non-hydrogen) atoms. The molecule has 2 aromatic heterocycles. The second kappa shape index (κ2) is 6.65. The molecule has 2 heterocycles. The highest BCUT2D eigenvalue weighted by Crippen LogP contribution is 2.19. The number of thiophene rings is 1. The second-order valence-corrected chi connectivity index (χ2v) is 5.88. The largest absolute Gasteiger partial charge is 0.308 e. The van der Waals surface area contributed by atoms with Crippen molar-refractivity contribution in [3.63, 3.8) is 0 Å². The number of nitrogens with zero attached hydrogens (tertiary/aromatic N) is 2. The van der Waals surface area contributed by atoms with Crippen LogP contribution in [0.1, 0.15) is 18.2 Å². The molecule has 1 unspecified atom stereocenters. The molecule has 0 saturated heterocycles. The highest BCUT2D eigenvalue weighted by molar-refractivity contribution is 7.07. The molecule has 1 atom stereocenters. The van der Waals surface area contributed by atoms with E-state index in [4.69, 9.17) is 0 Å². The van der Waals surface area contributed by atoms with Crippen LogP contribution >= 0.6 is 11.3 Å². The Morgan fingerprint density at radius 3 is 2.81 bits per heavy atom. The fraction of sp³-hybridized carbons (Fsp3) is 0.250. The molecule has 0 bridgehead atoms. The minimum absolute atomic E-state index is 0.403. The van der Waals surface area contributed by atoms with Crippen LogP contribution < -0.4 is 5.32 Å². The van der Waals surface area contributed by atoms with Gasteiger partial charge in [-0.2, -0.15) is 26.7 Å². The first-order valence-electron chi connectivity index (χ1n) is 7.02. The highest BCUT2D eigenvalue weighted by Gasteiger charge is 2.11. The van der Waals surface area contributed by atoms with E-state index < -0.39 is 0 Å². The summed E-state index contributed by atoms with van der Waals surface area (Å²) in [6.45, 7) is 2.91. The molecule has 0 aliphatic carbocycles. The van der Waals surface area contributed by atoms with Gasteiger partial charge in [-0.25, -0.2) is 0 Å². The standard InChI is InChI=1S/C16H18N4S/c1-12(9-13-7-8-21-11-13)17-10-15-16(19-20-18-15)14-5-3-2-4-6-14/h2-8,11-12,17H,9-10H2,1H3,(H,18,19,20). The monoisotopic (exact) mass is 298 g/mol. The van der Waals surface area contributed by atoms with Gasteiger partial charge in [0.2, 0.25) is 0 Å². The van der Waals surface area contributed by atoms with E-state index in [1.165, 1.54) is 5.56 Å². The van der Waals surface area contributed by atoms with Crippen molar-refractivity contribution in [3.05, 3.63) is 58.4 Å². The van der Waals surface area contributed by atoms with Gasteiger partial charge >= 0.3 is 0 Å². The smallest absolute Gasteiger partial charge is 0.117 e. The van der Waals surface area contributed by atoms with Crippen molar-refractivity contribution in [1.29, 1.82) is 0 Å². The quantitative estimate of drug-likeness (QED) is 0.734. The Morgan fingerprint density at radius 2 is 2.05 bits per heavy atom. The molecule has 1 aromatic carbocycles. The molecule has 2 N–H and O–H groups in total. The number of nitrogens with one attached hydrogen (secondary N) is 2. The molecule has 4 nitrogen and oxygen atoms in total. The van der Waals surface area contributed by atoms with E-state index in [9.17, 15) is 0 Å². The third kappa shape index (κ3) is 3.56. The lowest BCUT2D eigenvalue weighted by Gasteiger charge is -2.12. The lowest BCUT2D eigenvalue weighted by Crippen LogP contribution is -2.27. The third-order valence-electron chi connectivity index (χ3n) is 3.41. The molecule has 108 valence electrons. The van der Waals surface area contributed by atoms with Gasteiger partial charge in [0.15, 0.2) is 0 Å². The average Bonchev–Trinajstić information content (AvgIpc) is 3.17. The van der Waals surface area contributed by atoms with Crippen molar-refractivity contribution in [1.82, 2.24) is 20.7 Å². The van der Waals surface area contributed by atoms with Crippen molar-refractivity contribution in [2.75, 3.05) is 0 Å². The molecule has 0 radical (unpaired) electrons. The van der Waals surface area contributed by atoms with Gasteiger partial charge in [0.05, 0.1) is 0 Å². The summed E-state index contributed by atoms with van der Waals surface area (Å²) < 4.78 is 0. The zero-order valence-electron chi connectivity index (χ0n) is 11.9. The van der Waals surface area contributed by atoms with Crippen LogP contribution in [-0.2, 0) is 13.0 Å². The maximum absolute atomic E-state index is 4.27. The summed E-state index contributed by atoms with van der Waals surface area (Å²) in [5, 5.41) is 19.1. The summed E-state index contributed by atoms with van der Waals surface area (Å²) in [5.74, 6) is 0. The number of benzene rings is 1. The van der Waals surface area contributed by atoms with E-state index >= 15 is 0 Å². The van der Waals surface area contributed by atoms with E-state index in [0.717, 1.165) is 23.4 Å². The van der Waals surface area contributed by atoms with Crippen LogP contribution in [0.4, 0.5) is 0 Å². The van der Waals surface area contributed by atoms with Crippen LogP contribution in [0.15, 0.2) is 47.2 Å². The zero-order valence-corrected chi connectivity index (χ0v) is 12.7. The van der Waals surface area contributed by atoms with Gasteiger partial charge in [0, 0.05) is 18.2 Å². The third-order valence-corrected chi connectivity index (χ3v) is 4.14. The van der Waals surface area contributed by atoms with E-state index in [-0.39, 0.29) is 0 Å². The van der Waals surface area contributed by atoms with Gasteiger partial charge in [-0.05, 0) is 35.7 Å². The molecule has 3 aromatic rings. The predicted molar refractivity (Wildman–Crippen MR) is 86.1 cm³/mol. The van der Waals surface area contributed by atoms with Crippen molar-refractivity contribution < 1.29 is 0 Å². The predicted octanol–water partition coefficient (Wildman–Crippen LogP) is 3.25. The Labute approximate surface area is 128 Å². The summed E-state index contributed by atoms with van der Waals surface area (Å²) in [7, 11) is 0. The van der Waals surface area contributed by atoms with Crippen LogP contribution in [0.5, 0.6) is 0 Å². The fourth-order valence-electron chi connectivity index (χ4n) is 2.31. The second-order valence-electron chi connectivity index (χ2n) is 5.10. The molecule has 0 saturated carbocycles. The number of H-pyrrole nitrogens is 1. The SMILES string of the molecule is CC(Cc1ccsc1)NCc1n[nH]nc1-c1ccccc1. The van der Waals surface area contributed by atoms with Crippen molar-refractivity contribution >= 4 is 11.3 Å². The van der Waals surface area contributed by atoms with Crippen LogP contribution in [-0.4, -0.2) is 21.5 Å². The Morgan fingerprint density at radius 1 is 1.19 bits per heavy atom. The van der Waals surface area contributed by atoms with Gasteiger partial charge in [0.1, 0.15) is 11.4 Å². The molecule has 0 aliphatic rings. The van der Waals surface area contributed by atoms with Crippen molar-refractivity contribution in [2.24, 2.45) is 0 Å². The molecule has 5 heteroatoms. The minimum Gasteiger partial charge on any atom is -0.308 e. The summed E-state index contributed by atoms with van der Waals surface area (Å²) in [6.07, 6.45) is 1.03. The Kier molecular flexibility index (Phi) is 4.43. The fourth-order valence-corrected chi connectivity index (χ4v) is 2.99. The summed E-state index contributed by atoms with van der Waals surface area (Å²) in [5.41, 5.74) is 4.35. The molecule has 0 amide bonds. The van der Waals surface area contributed by atoms with Gasteiger partial charge < -0.3 is 5.32 Å². The van der Waals surface area contributed by atoms with Crippen molar-refractivity contribution in [3.8, 4) is 11.3 Å². The molecule has 3 rings (SSSR count). The Balaban J connectivity index is 1.62. The van der Waals surface area contributed by atoms with Crippen LogP contribution in [0.3, 0.4) is 0 Å². The van der Waals surface area contributed by atoms with Gasteiger partial charge in [-0.1, -0.05) is 30.3 Å². The molecule has 0 fully saturated rings. The lowest BCUT2D eigenvalue weighted by molar-refractivity contribution is 0.540. The normalized spacial score (nSPS) is 12.4. The van der Waals surface area contributed by atoms with Gasteiger partial charge in [-0.15, -0.1) is 0 Å². The van der Waals surface area contributed by atoms with Gasteiger partial charge in [0.25, 0.3) is 0 Å². The molecule has 0 aliphatic heterocycles. The van der Waals surface area contributed by atoms with E-state index in [0.29, 0.717) is 12.6 Å². The van der Waals surface area contributed by atoms with E-state index in [1.807, 2.05) is 18.2 Å². The van der Waals surface area contributed by atoms with Crippen LogP contribution in [0.25, 0.3) is 11.3 Å². The minimum atomic E-state index is 0.403. The zero-order chi connectivity index (χ0) is 14.5. The summed E-state index contributed by atoms with van der Waals surface area (Å²) >= 11 is 1.74. The average molecular weight is 298 g/mol. The Bertz CT molecular complexity index is 661. The van der Waals surface area contributed by atoms with Crippen molar-refractivity contribution in [2.45, 2.75) is 25.9 Å². The lowest BCUT2D eigenvalue weighted by atomic mass is 10.1. The molecular formula is C16H18N4S. The first-order valence-corrected chi connectivity index (χ1v) is 7.96. The number of hydrogen-bond acceptors (Lipinski definition) is 4. The maximum Gasteiger partial charge on any atom is 0.117 e. The number of aromatic nitrogens is 3. The Hall–Kier alpha value is -1.98. The number of hydrogen-bond donors (Lipinski definition) is 2. The highest BCUT2D eigenvalue weighted by atomic mass is 32.1. The first kappa shape index (κ1) is 14.0. The number of aromatic amines is 1. The van der Waals surface area contributed by atoms with Crippen LogP contribution in [0, 0.1) is 0 Å². The first-order chi connectivity index (χ1) is 10.3. The van der Waals surface area contributed by atoms with Gasteiger partial charge in [-0.3, -0.25) is 0 Å². The summed E-state index contributed by atoms with van der Waals surface area (Å²) in [4.78, 5) is 0. The maximum atomic E-state index is 4.27. The van der Waals surface area contributed by atoms with E-state index in [1.54, 1.807) is 11.3 Å². The molecule has 0 spiro atoms.